The van der Waals surface area contributed by atoms with E-state index in [0.29, 0.717) is 11.9 Å². The molecule has 1 saturated heterocycles. The van der Waals surface area contributed by atoms with Crippen molar-refractivity contribution in [3.8, 4) is 0 Å². The lowest BCUT2D eigenvalue weighted by atomic mass is 9.84. The molecule has 2 fully saturated rings. The largest absolute Gasteiger partial charge is 0.379 e. The fourth-order valence-corrected chi connectivity index (χ4v) is 4.43. The van der Waals surface area contributed by atoms with Gasteiger partial charge in [-0.1, -0.05) is 22.0 Å². The number of fused-ring (bicyclic) bond motifs is 1. The number of carbonyl (C=O) groups excluding carboxylic acids is 1. The van der Waals surface area contributed by atoms with Crippen molar-refractivity contribution in [1.29, 1.82) is 0 Å². The van der Waals surface area contributed by atoms with Crippen LogP contribution in [0.2, 0.25) is 0 Å². The van der Waals surface area contributed by atoms with E-state index in [9.17, 15) is 4.79 Å². The van der Waals surface area contributed by atoms with Gasteiger partial charge >= 0.3 is 0 Å². The smallest absolute Gasteiger partial charge is 0.228 e. The van der Waals surface area contributed by atoms with Crippen LogP contribution in [0.15, 0.2) is 34.9 Å². The highest BCUT2D eigenvalue weighted by atomic mass is 79.9. The molecular weight excluding hydrogens is 394 g/mol. The molecule has 6 heteroatoms. The van der Waals surface area contributed by atoms with E-state index in [4.69, 9.17) is 4.74 Å². The minimum atomic E-state index is 0.0901. The second kappa shape index (κ2) is 8.03. The second-order valence-electron chi connectivity index (χ2n) is 7.20. The number of pyridine rings is 1. The summed E-state index contributed by atoms with van der Waals surface area (Å²) in [6, 6.07) is 8.61. The lowest BCUT2D eigenvalue weighted by Crippen LogP contribution is -2.45. The zero-order chi connectivity index (χ0) is 17.9. The van der Waals surface area contributed by atoms with Crippen LogP contribution in [0.1, 0.15) is 25.7 Å². The Morgan fingerprint density at radius 3 is 2.65 bits per heavy atom. The molecule has 26 heavy (non-hydrogen) atoms. The molecule has 0 spiro atoms. The Kier molecular flexibility index (Phi) is 5.52. The lowest BCUT2D eigenvalue weighted by molar-refractivity contribution is -0.121. The Hall–Kier alpha value is -1.50. The number of rotatable bonds is 3. The molecule has 0 unspecified atom stereocenters. The third-order valence-corrected chi connectivity index (χ3v) is 6.06. The van der Waals surface area contributed by atoms with Crippen LogP contribution in [0.25, 0.3) is 10.8 Å². The molecule has 2 aliphatic rings. The van der Waals surface area contributed by atoms with Gasteiger partial charge in [-0.15, -0.1) is 0 Å². The Morgan fingerprint density at radius 1 is 1.12 bits per heavy atom. The summed E-state index contributed by atoms with van der Waals surface area (Å²) in [6.07, 6.45) is 5.90. The molecule has 2 aromatic rings. The van der Waals surface area contributed by atoms with Gasteiger partial charge in [0.25, 0.3) is 0 Å². The molecule has 0 bridgehead atoms. The van der Waals surface area contributed by atoms with Crippen LogP contribution < -0.4 is 5.32 Å². The number of amides is 1. The van der Waals surface area contributed by atoms with E-state index in [-0.39, 0.29) is 11.8 Å². The highest BCUT2D eigenvalue weighted by Crippen LogP contribution is 2.29. The topological polar surface area (TPSA) is 54.5 Å². The van der Waals surface area contributed by atoms with Gasteiger partial charge in [0.1, 0.15) is 5.82 Å². The molecule has 1 saturated carbocycles. The summed E-state index contributed by atoms with van der Waals surface area (Å²) >= 11 is 3.49. The maximum atomic E-state index is 12.7. The van der Waals surface area contributed by atoms with Gasteiger partial charge in [-0.25, -0.2) is 4.98 Å². The lowest BCUT2D eigenvalue weighted by Gasteiger charge is -2.38. The third kappa shape index (κ3) is 4.08. The first-order chi connectivity index (χ1) is 12.7. The van der Waals surface area contributed by atoms with Crippen LogP contribution in [0.4, 0.5) is 5.82 Å². The molecular formula is C20H24BrN3O2. The number of hydrogen-bond acceptors (Lipinski definition) is 4. The summed E-state index contributed by atoms with van der Waals surface area (Å²) in [5, 5.41) is 5.16. The van der Waals surface area contributed by atoms with E-state index in [1.807, 2.05) is 30.5 Å². The molecule has 1 aliphatic heterocycles. The maximum absolute atomic E-state index is 12.7. The van der Waals surface area contributed by atoms with Crippen molar-refractivity contribution in [1.82, 2.24) is 9.88 Å². The number of carbonyl (C=O) groups is 1. The van der Waals surface area contributed by atoms with E-state index >= 15 is 0 Å². The van der Waals surface area contributed by atoms with E-state index in [2.05, 4.69) is 31.1 Å². The quantitative estimate of drug-likeness (QED) is 0.824. The Balaban J connectivity index is 1.35. The minimum absolute atomic E-state index is 0.0901. The molecule has 1 aromatic carbocycles. The number of ether oxygens (including phenoxy) is 1. The van der Waals surface area contributed by atoms with Gasteiger partial charge in [0.05, 0.1) is 13.2 Å². The van der Waals surface area contributed by atoms with Crippen molar-refractivity contribution in [2.24, 2.45) is 5.92 Å². The molecule has 1 N–H and O–H groups in total. The van der Waals surface area contributed by atoms with Crippen molar-refractivity contribution >= 4 is 38.4 Å². The second-order valence-corrected chi connectivity index (χ2v) is 8.12. The predicted molar refractivity (Wildman–Crippen MR) is 106 cm³/mol. The molecule has 1 aliphatic carbocycles. The van der Waals surface area contributed by atoms with Crippen LogP contribution in [-0.4, -0.2) is 48.1 Å². The zero-order valence-corrected chi connectivity index (χ0v) is 16.4. The molecule has 4 rings (SSSR count). The number of nitrogens with zero attached hydrogens (tertiary/aromatic N) is 2. The molecule has 0 atom stereocenters. The van der Waals surface area contributed by atoms with Gasteiger partial charge in [-0.3, -0.25) is 9.69 Å². The summed E-state index contributed by atoms with van der Waals surface area (Å²) in [5.41, 5.74) is 0. The number of benzene rings is 1. The first-order valence-corrected chi connectivity index (χ1v) is 10.2. The van der Waals surface area contributed by atoms with Crippen LogP contribution in [-0.2, 0) is 9.53 Å². The maximum Gasteiger partial charge on any atom is 0.228 e. The van der Waals surface area contributed by atoms with Crippen molar-refractivity contribution in [2.75, 3.05) is 31.6 Å². The standard InChI is InChI=1S/C20H24BrN3O2/c21-17-4-1-15-13-22-19(12-16(15)11-17)23-20(25)14-2-5-18(6-3-14)24-7-9-26-10-8-24/h1,4,11-14,18H,2-3,5-10H2,(H,22,23,25)/t14-,18-. The van der Waals surface area contributed by atoms with E-state index in [0.717, 1.165) is 67.2 Å². The van der Waals surface area contributed by atoms with Crippen molar-refractivity contribution < 1.29 is 9.53 Å². The molecule has 5 nitrogen and oxygen atoms in total. The normalized spacial score (nSPS) is 24.5. The fourth-order valence-electron chi connectivity index (χ4n) is 4.05. The monoisotopic (exact) mass is 417 g/mol. The molecule has 0 radical (unpaired) electrons. The van der Waals surface area contributed by atoms with Gasteiger partial charge in [-0.2, -0.15) is 0 Å². The van der Waals surface area contributed by atoms with Crippen LogP contribution >= 0.6 is 15.9 Å². The number of anilines is 1. The van der Waals surface area contributed by atoms with Crippen molar-refractivity contribution in [3.63, 3.8) is 0 Å². The first-order valence-electron chi connectivity index (χ1n) is 9.37. The molecule has 1 amide bonds. The highest BCUT2D eigenvalue weighted by molar-refractivity contribution is 9.10. The molecule has 1 aromatic heterocycles. The average molecular weight is 418 g/mol. The molecule has 138 valence electrons. The fraction of sp³-hybridized carbons (Fsp3) is 0.500. The van der Waals surface area contributed by atoms with Gasteiger partial charge in [0.15, 0.2) is 0 Å². The van der Waals surface area contributed by atoms with Gasteiger partial charge in [0.2, 0.25) is 5.91 Å². The van der Waals surface area contributed by atoms with E-state index < -0.39 is 0 Å². The average Bonchev–Trinajstić information content (AvgIpc) is 2.68. The van der Waals surface area contributed by atoms with Gasteiger partial charge in [-0.05, 0) is 49.3 Å². The Bertz CT molecular complexity index is 784. The SMILES string of the molecule is O=C(Nc1cc2cc(Br)ccc2cn1)[C@H]1CC[C@H](N2CCOCC2)CC1. The summed E-state index contributed by atoms with van der Waals surface area (Å²) in [5.74, 6) is 0.829. The third-order valence-electron chi connectivity index (χ3n) is 5.56. The van der Waals surface area contributed by atoms with E-state index in [1.54, 1.807) is 0 Å². The van der Waals surface area contributed by atoms with Crippen molar-refractivity contribution in [3.05, 3.63) is 34.9 Å². The van der Waals surface area contributed by atoms with Crippen LogP contribution in [0, 0.1) is 5.92 Å². The number of halogens is 1. The number of hydrogen-bond donors (Lipinski definition) is 1. The first kappa shape index (κ1) is 17.9. The Morgan fingerprint density at radius 2 is 1.88 bits per heavy atom. The minimum Gasteiger partial charge on any atom is -0.379 e. The van der Waals surface area contributed by atoms with Crippen LogP contribution in [0.5, 0.6) is 0 Å². The number of morpholine rings is 1. The van der Waals surface area contributed by atoms with Gasteiger partial charge < -0.3 is 10.1 Å². The number of aromatic nitrogens is 1. The van der Waals surface area contributed by atoms with Crippen molar-refractivity contribution in [2.45, 2.75) is 31.7 Å². The summed E-state index contributed by atoms with van der Waals surface area (Å²) in [6.45, 7) is 3.73. The van der Waals surface area contributed by atoms with Crippen LogP contribution in [0.3, 0.4) is 0 Å². The Labute approximate surface area is 162 Å². The predicted octanol–water partition coefficient (Wildman–Crippen LogP) is 3.83. The van der Waals surface area contributed by atoms with Gasteiger partial charge in [0, 0.05) is 41.1 Å². The molecule has 2 heterocycles. The number of nitrogens with one attached hydrogen (secondary N) is 1. The summed E-state index contributed by atoms with van der Waals surface area (Å²) < 4.78 is 6.46. The summed E-state index contributed by atoms with van der Waals surface area (Å²) in [4.78, 5) is 19.6. The summed E-state index contributed by atoms with van der Waals surface area (Å²) in [7, 11) is 0. The van der Waals surface area contributed by atoms with E-state index in [1.165, 1.54) is 0 Å². The highest BCUT2D eigenvalue weighted by Gasteiger charge is 2.30. The zero-order valence-electron chi connectivity index (χ0n) is 14.8.